The summed E-state index contributed by atoms with van der Waals surface area (Å²) in [6.45, 7) is 3.02. The lowest BCUT2D eigenvalue weighted by molar-refractivity contribution is -0.274. The molecule has 0 spiro atoms. The van der Waals surface area contributed by atoms with E-state index < -0.39 is 6.36 Å². The highest BCUT2D eigenvalue weighted by molar-refractivity contribution is 7.99. The van der Waals surface area contributed by atoms with Crippen molar-refractivity contribution >= 4 is 11.8 Å². The SMILES string of the molecule is CC1CNC(c2cccc(OC(F)(F)F)c2)SC1. The first-order valence-electron chi connectivity index (χ1n) is 5.65. The molecule has 1 aromatic carbocycles. The maximum absolute atomic E-state index is 12.1. The quantitative estimate of drug-likeness (QED) is 0.893. The van der Waals surface area contributed by atoms with Gasteiger partial charge in [0.1, 0.15) is 5.75 Å². The number of hydrogen-bond donors (Lipinski definition) is 1. The molecule has 6 heteroatoms. The minimum atomic E-state index is -4.64. The normalized spacial score (nSPS) is 24.9. The van der Waals surface area contributed by atoms with Crippen LogP contribution in [0.15, 0.2) is 24.3 Å². The van der Waals surface area contributed by atoms with E-state index in [0.717, 1.165) is 17.9 Å². The van der Waals surface area contributed by atoms with E-state index in [0.29, 0.717) is 5.92 Å². The summed E-state index contributed by atoms with van der Waals surface area (Å²) < 4.78 is 40.3. The molecule has 0 amide bonds. The Kier molecular flexibility index (Phi) is 4.07. The summed E-state index contributed by atoms with van der Waals surface area (Å²) >= 11 is 1.70. The zero-order valence-electron chi connectivity index (χ0n) is 9.83. The largest absolute Gasteiger partial charge is 0.573 e. The first-order valence-corrected chi connectivity index (χ1v) is 6.69. The average molecular weight is 277 g/mol. The molecule has 1 aliphatic rings. The van der Waals surface area contributed by atoms with Crippen molar-refractivity contribution in [2.75, 3.05) is 12.3 Å². The topological polar surface area (TPSA) is 21.3 Å². The van der Waals surface area contributed by atoms with Gasteiger partial charge in [-0.15, -0.1) is 24.9 Å². The number of thioether (sulfide) groups is 1. The van der Waals surface area contributed by atoms with E-state index in [1.54, 1.807) is 17.8 Å². The third kappa shape index (κ3) is 3.81. The van der Waals surface area contributed by atoms with E-state index in [9.17, 15) is 13.2 Å². The molecule has 2 nitrogen and oxygen atoms in total. The fraction of sp³-hybridized carbons (Fsp3) is 0.500. The number of hydrogen-bond acceptors (Lipinski definition) is 3. The average Bonchev–Trinajstić information content (AvgIpc) is 2.28. The second-order valence-electron chi connectivity index (χ2n) is 4.35. The van der Waals surface area contributed by atoms with E-state index in [-0.39, 0.29) is 11.1 Å². The van der Waals surface area contributed by atoms with Crippen LogP contribution in [0.25, 0.3) is 0 Å². The first-order chi connectivity index (χ1) is 8.44. The summed E-state index contributed by atoms with van der Waals surface area (Å²) in [4.78, 5) is 0. The van der Waals surface area contributed by atoms with Gasteiger partial charge in [-0.1, -0.05) is 19.1 Å². The molecule has 1 N–H and O–H groups in total. The highest BCUT2D eigenvalue weighted by Crippen LogP contribution is 2.33. The van der Waals surface area contributed by atoms with Gasteiger partial charge in [-0.3, -0.25) is 0 Å². The fourth-order valence-corrected chi connectivity index (χ4v) is 2.97. The Labute approximate surface area is 108 Å². The van der Waals surface area contributed by atoms with Crippen LogP contribution >= 0.6 is 11.8 Å². The number of halogens is 3. The molecule has 0 aliphatic carbocycles. The maximum Gasteiger partial charge on any atom is 0.573 e. The molecule has 0 bridgehead atoms. The van der Waals surface area contributed by atoms with Crippen LogP contribution in [-0.4, -0.2) is 18.7 Å². The molecule has 2 unspecified atom stereocenters. The lowest BCUT2D eigenvalue weighted by Gasteiger charge is -2.27. The third-order valence-electron chi connectivity index (χ3n) is 2.59. The van der Waals surface area contributed by atoms with Gasteiger partial charge in [0, 0.05) is 0 Å². The van der Waals surface area contributed by atoms with E-state index >= 15 is 0 Å². The van der Waals surface area contributed by atoms with E-state index in [2.05, 4.69) is 17.0 Å². The second kappa shape index (κ2) is 5.40. The summed E-state index contributed by atoms with van der Waals surface area (Å²) in [5.41, 5.74) is 0.814. The van der Waals surface area contributed by atoms with Crippen LogP contribution in [0, 0.1) is 5.92 Å². The van der Waals surface area contributed by atoms with Crippen molar-refractivity contribution in [2.45, 2.75) is 18.7 Å². The Morgan fingerprint density at radius 1 is 1.39 bits per heavy atom. The standard InChI is InChI=1S/C12H14F3NOS/c1-8-6-16-11(18-7-8)9-3-2-4-10(5-9)17-12(13,14)15/h2-5,8,11,16H,6-7H2,1H3. The Balaban J connectivity index is 2.07. The molecule has 0 radical (unpaired) electrons. The van der Waals surface area contributed by atoms with Gasteiger partial charge in [-0.25, -0.2) is 0 Å². The number of benzene rings is 1. The molecule has 1 fully saturated rings. The summed E-state index contributed by atoms with van der Waals surface area (Å²) in [6.07, 6.45) is -4.64. The van der Waals surface area contributed by atoms with E-state index in [1.165, 1.54) is 12.1 Å². The molecular weight excluding hydrogens is 263 g/mol. The van der Waals surface area contributed by atoms with Crippen molar-refractivity contribution < 1.29 is 17.9 Å². The van der Waals surface area contributed by atoms with Crippen LogP contribution in [-0.2, 0) is 0 Å². The molecule has 0 aromatic heterocycles. The Hall–Kier alpha value is -0.880. The van der Waals surface area contributed by atoms with Crippen molar-refractivity contribution in [1.29, 1.82) is 0 Å². The van der Waals surface area contributed by atoms with Gasteiger partial charge < -0.3 is 10.1 Å². The smallest absolute Gasteiger partial charge is 0.406 e. The van der Waals surface area contributed by atoms with Gasteiger partial charge in [-0.05, 0) is 35.9 Å². The van der Waals surface area contributed by atoms with E-state index in [4.69, 9.17) is 0 Å². The van der Waals surface area contributed by atoms with Gasteiger partial charge in [0.25, 0.3) is 0 Å². The highest BCUT2D eigenvalue weighted by Gasteiger charge is 2.31. The second-order valence-corrected chi connectivity index (χ2v) is 5.49. The van der Waals surface area contributed by atoms with Crippen LogP contribution in [0.2, 0.25) is 0 Å². The Morgan fingerprint density at radius 3 is 2.78 bits per heavy atom. The minimum Gasteiger partial charge on any atom is -0.406 e. The number of alkyl halides is 3. The van der Waals surface area contributed by atoms with Crippen molar-refractivity contribution in [3.8, 4) is 5.75 Å². The number of ether oxygens (including phenoxy) is 1. The van der Waals surface area contributed by atoms with Crippen LogP contribution in [0.3, 0.4) is 0 Å². The zero-order valence-corrected chi connectivity index (χ0v) is 10.6. The molecule has 2 atom stereocenters. The summed E-state index contributed by atoms with van der Waals surface area (Å²) in [5.74, 6) is 1.42. The number of nitrogens with one attached hydrogen (secondary N) is 1. The minimum absolute atomic E-state index is 0.0398. The van der Waals surface area contributed by atoms with Crippen LogP contribution < -0.4 is 10.1 Å². The molecular formula is C12H14F3NOS. The lowest BCUT2D eigenvalue weighted by atomic mass is 10.1. The van der Waals surface area contributed by atoms with Gasteiger partial charge in [0.05, 0.1) is 5.37 Å². The summed E-state index contributed by atoms with van der Waals surface area (Å²) in [5, 5.41) is 3.34. The fourth-order valence-electron chi connectivity index (χ4n) is 1.78. The predicted molar refractivity (Wildman–Crippen MR) is 65.5 cm³/mol. The van der Waals surface area contributed by atoms with Crippen LogP contribution in [0.4, 0.5) is 13.2 Å². The molecule has 1 heterocycles. The van der Waals surface area contributed by atoms with Gasteiger partial charge in [0.15, 0.2) is 0 Å². The molecule has 1 aromatic rings. The zero-order chi connectivity index (χ0) is 13.2. The number of rotatable bonds is 2. The van der Waals surface area contributed by atoms with Crippen molar-refractivity contribution in [3.05, 3.63) is 29.8 Å². The summed E-state index contributed by atoms with van der Waals surface area (Å²) in [7, 11) is 0. The predicted octanol–water partition coefficient (Wildman–Crippen LogP) is 3.56. The van der Waals surface area contributed by atoms with Gasteiger partial charge >= 0.3 is 6.36 Å². The molecule has 1 aliphatic heterocycles. The molecule has 0 saturated carbocycles. The molecule has 18 heavy (non-hydrogen) atoms. The molecule has 1 saturated heterocycles. The van der Waals surface area contributed by atoms with Crippen molar-refractivity contribution in [2.24, 2.45) is 5.92 Å². The molecule has 100 valence electrons. The van der Waals surface area contributed by atoms with E-state index in [1.807, 2.05) is 6.07 Å². The van der Waals surface area contributed by atoms with Crippen LogP contribution in [0.1, 0.15) is 17.9 Å². The van der Waals surface area contributed by atoms with Crippen molar-refractivity contribution in [3.63, 3.8) is 0 Å². The first kappa shape index (κ1) is 13.5. The Bertz CT molecular complexity index is 403. The highest BCUT2D eigenvalue weighted by atomic mass is 32.2. The monoisotopic (exact) mass is 277 g/mol. The lowest BCUT2D eigenvalue weighted by Crippen LogP contribution is -2.31. The third-order valence-corrected chi connectivity index (χ3v) is 4.13. The molecule has 2 rings (SSSR count). The maximum atomic E-state index is 12.1. The van der Waals surface area contributed by atoms with Crippen LogP contribution in [0.5, 0.6) is 5.75 Å². The Morgan fingerprint density at radius 2 is 2.17 bits per heavy atom. The van der Waals surface area contributed by atoms with Gasteiger partial charge in [0.2, 0.25) is 0 Å². The van der Waals surface area contributed by atoms with Crippen molar-refractivity contribution in [1.82, 2.24) is 5.32 Å². The van der Waals surface area contributed by atoms with Gasteiger partial charge in [-0.2, -0.15) is 0 Å². The summed E-state index contributed by atoms with van der Waals surface area (Å²) in [6, 6.07) is 6.14.